The lowest BCUT2D eigenvalue weighted by molar-refractivity contribution is 0.191. The highest BCUT2D eigenvalue weighted by molar-refractivity contribution is 5.85. The smallest absolute Gasteiger partial charge is 0.147 e. The third kappa shape index (κ3) is 4.10. The number of halogens is 1. The van der Waals surface area contributed by atoms with E-state index in [-0.39, 0.29) is 18.6 Å². The molecule has 0 aliphatic rings. The molecule has 1 aromatic rings. The fraction of sp³-hybridized carbons (Fsp3) is 0.538. The second kappa shape index (κ2) is 6.72. The molecule has 0 radical (unpaired) electrons. The number of hydrogen-bond acceptors (Lipinski definition) is 3. The van der Waals surface area contributed by atoms with E-state index in [1.165, 1.54) is 0 Å². The molecule has 0 spiro atoms. The number of benzene rings is 1. The first-order valence-corrected chi connectivity index (χ1v) is 5.63. The van der Waals surface area contributed by atoms with Gasteiger partial charge in [0.2, 0.25) is 0 Å². The van der Waals surface area contributed by atoms with Crippen LogP contribution in [0.2, 0.25) is 0 Å². The van der Waals surface area contributed by atoms with Gasteiger partial charge in [0.25, 0.3) is 0 Å². The van der Waals surface area contributed by atoms with Gasteiger partial charge in [-0.15, -0.1) is 12.4 Å². The summed E-state index contributed by atoms with van der Waals surface area (Å²) >= 11 is 0. The summed E-state index contributed by atoms with van der Waals surface area (Å²) in [6, 6.07) is 3.68. The van der Waals surface area contributed by atoms with E-state index in [4.69, 9.17) is 4.74 Å². The number of aryl methyl sites for hydroxylation is 1. The minimum atomic E-state index is -0.0403. The molecule has 0 saturated heterocycles. The maximum Gasteiger partial charge on any atom is 0.147 e. The normalized spacial score (nSPS) is 12.1. The van der Waals surface area contributed by atoms with Crippen LogP contribution in [0.1, 0.15) is 37.8 Å². The highest BCUT2D eigenvalue weighted by Crippen LogP contribution is 2.33. The van der Waals surface area contributed by atoms with Gasteiger partial charge in [0.1, 0.15) is 17.7 Å². The zero-order valence-corrected chi connectivity index (χ0v) is 11.9. The Balaban J connectivity index is 0.00000256. The van der Waals surface area contributed by atoms with Crippen molar-refractivity contribution in [2.75, 3.05) is 7.05 Å². The van der Waals surface area contributed by atoms with Crippen LogP contribution in [0.5, 0.6) is 11.5 Å². The molecule has 0 bridgehead atoms. The third-order valence-electron chi connectivity index (χ3n) is 2.66. The van der Waals surface area contributed by atoms with E-state index in [9.17, 15) is 5.11 Å². The van der Waals surface area contributed by atoms with Gasteiger partial charge in [-0.25, -0.2) is 0 Å². The lowest BCUT2D eigenvalue weighted by atomic mass is 10.00. The Morgan fingerprint density at radius 3 is 2.29 bits per heavy atom. The average Bonchev–Trinajstić information content (AvgIpc) is 2.22. The Hall–Kier alpha value is -0.930. The van der Waals surface area contributed by atoms with Gasteiger partial charge in [-0.05, 0) is 44.5 Å². The van der Waals surface area contributed by atoms with E-state index in [1.807, 2.05) is 27.0 Å². The summed E-state index contributed by atoms with van der Waals surface area (Å²) in [7, 11) is 1.85. The van der Waals surface area contributed by atoms with Crippen LogP contribution in [-0.2, 0) is 0 Å². The zero-order valence-electron chi connectivity index (χ0n) is 11.1. The lowest BCUT2D eigenvalue weighted by Gasteiger charge is -2.19. The quantitative estimate of drug-likeness (QED) is 0.816. The zero-order chi connectivity index (χ0) is 12.3. The minimum absolute atomic E-state index is 0. The number of nitrogens with one attached hydrogen (secondary N) is 1. The molecule has 1 unspecified atom stereocenters. The van der Waals surface area contributed by atoms with Gasteiger partial charge in [0.15, 0.2) is 0 Å². The predicted octanol–water partition coefficient (Wildman–Crippen LogP) is 3.19. The van der Waals surface area contributed by atoms with Crippen LogP contribution >= 0.6 is 12.4 Å². The Bertz CT molecular complexity index is 367. The Kier molecular flexibility index (Phi) is 6.35. The maximum absolute atomic E-state index is 9.69. The SMILES string of the molecule is CNC(C)Oc1cc(C)c(O)cc1C(C)C.Cl. The van der Waals surface area contributed by atoms with Crippen LogP contribution in [0.4, 0.5) is 0 Å². The molecule has 2 N–H and O–H groups in total. The number of hydrogen-bond donors (Lipinski definition) is 2. The largest absolute Gasteiger partial charge is 0.508 e. The maximum atomic E-state index is 9.69. The van der Waals surface area contributed by atoms with E-state index in [1.54, 1.807) is 6.07 Å². The van der Waals surface area contributed by atoms with Crippen molar-refractivity contribution >= 4 is 12.4 Å². The van der Waals surface area contributed by atoms with Crippen LogP contribution < -0.4 is 10.1 Å². The van der Waals surface area contributed by atoms with Crippen molar-refractivity contribution in [2.45, 2.75) is 39.8 Å². The molecule has 0 aliphatic heterocycles. The summed E-state index contributed by atoms with van der Waals surface area (Å²) < 4.78 is 5.77. The summed E-state index contributed by atoms with van der Waals surface area (Å²) in [5.41, 5.74) is 1.87. The number of phenolic OH excluding ortho intramolecular Hbond substituents is 1. The first-order chi connectivity index (χ1) is 7.45. The molecule has 0 saturated carbocycles. The summed E-state index contributed by atoms with van der Waals surface area (Å²) in [5, 5.41) is 12.7. The van der Waals surface area contributed by atoms with Gasteiger partial charge in [0, 0.05) is 5.56 Å². The summed E-state index contributed by atoms with van der Waals surface area (Å²) in [4.78, 5) is 0. The van der Waals surface area contributed by atoms with E-state index in [2.05, 4.69) is 19.2 Å². The van der Waals surface area contributed by atoms with E-state index in [0.717, 1.165) is 16.9 Å². The first kappa shape index (κ1) is 16.1. The molecule has 4 heteroatoms. The molecule has 17 heavy (non-hydrogen) atoms. The summed E-state index contributed by atoms with van der Waals surface area (Å²) in [5.74, 6) is 1.49. The van der Waals surface area contributed by atoms with E-state index in [0.29, 0.717) is 11.7 Å². The minimum Gasteiger partial charge on any atom is -0.508 e. The molecule has 0 aliphatic carbocycles. The van der Waals surface area contributed by atoms with Gasteiger partial charge >= 0.3 is 0 Å². The van der Waals surface area contributed by atoms with Gasteiger partial charge in [-0.3, -0.25) is 5.32 Å². The van der Waals surface area contributed by atoms with Gasteiger partial charge in [-0.2, -0.15) is 0 Å². The molecule has 1 aromatic carbocycles. The summed E-state index contributed by atoms with van der Waals surface area (Å²) in [6.45, 7) is 7.99. The first-order valence-electron chi connectivity index (χ1n) is 5.63. The topological polar surface area (TPSA) is 41.5 Å². The van der Waals surface area contributed by atoms with Gasteiger partial charge < -0.3 is 9.84 Å². The van der Waals surface area contributed by atoms with Crippen molar-refractivity contribution < 1.29 is 9.84 Å². The number of phenols is 1. The predicted molar refractivity (Wildman–Crippen MR) is 73.3 cm³/mol. The molecular weight excluding hydrogens is 238 g/mol. The molecule has 0 amide bonds. The molecule has 3 nitrogen and oxygen atoms in total. The number of ether oxygens (including phenoxy) is 1. The monoisotopic (exact) mass is 259 g/mol. The number of aromatic hydroxyl groups is 1. The second-order valence-corrected chi connectivity index (χ2v) is 4.38. The molecule has 0 aromatic heterocycles. The highest BCUT2D eigenvalue weighted by Gasteiger charge is 2.13. The Morgan fingerprint density at radius 1 is 1.24 bits per heavy atom. The molecule has 0 fully saturated rings. The van der Waals surface area contributed by atoms with Crippen molar-refractivity contribution in [2.24, 2.45) is 0 Å². The third-order valence-corrected chi connectivity index (χ3v) is 2.66. The van der Waals surface area contributed by atoms with Crippen LogP contribution in [0.25, 0.3) is 0 Å². The van der Waals surface area contributed by atoms with Crippen LogP contribution in [0.3, 0.4) is 0 Å². The van der Waals surface area contributed by atoms with Crippen molar-refractivity contribution in [1.82, 2.24) is 5.32 Å². The van der Waals surface area contributed by atoms with Gasteiger partial charge in [0.05, 0.1) is 0 Å². The van der Waals surface area contributed by atoms with Crippen LogP contribution in [-0.4, -0.2) is 18.4 Å². The highest BCUT2D eigenvalue weighted by atomic mass is 35.5. The molecular formula is C13H22ClNO2. The molecule has 1 atom stereocenters. The second-order valence-electron chi connectivity index (χ2n) is 4.38. The average molecular weight is 260 g/mol. The van der Waals surface area contributed by atoms with Gasteiger partial charge in [-0.1, -0.05) is 13.8 Å². The molecule has 0 heterocycles. The molecule has 1 rings (SSSR count). The standard InChI is InChI=1S/C13H21NO2.ClH/c1-8(2)11-7-12(15)9(3)6-13(11)16-10(4)14-5;/h6-8,10,14-15H,1-5H3;1H. The van der Waals surface area contributed by atoms with Crippen molar-refractivity contribution in [3.63, 3.8) is 0 Å². The fourth-order valence-electron chi connectivity index (χ4n) is 1.49. The van der Waals surface area contributed by atoms with Crippen molar-refractivity contribution in [3.05, 3.63) is 23.3 Å². The van der Waals surface area contributed by atoms with Crippen molar-refractivity contribution in [1.29, 1.82) is 0 Å². The van der Waals surface area contributed by atoms with Crippen LogP contribution in [0.15, 0.2) is 12.1 Å². The van der Waals surface area contributed by atoms with Crippen LogP contribution in [0, 0.1) is 6.92 Å². The molecule has 98 valence electrons. The number of rotatable bonds is 4. The Labute approximate surface area is 110 Å². The van der Waals surface area contributed by atoms with E-state index >= 15 is 0 Å². The van der Waals surface area contributed by atoms with E-state index < -0.39 is 0 Å². The van der Waals surface area contributed by atoms with Crippen molar-refractivity contribution in [3.8, 4) is 11.5 Å². The lowest BCUT2D eigenvalue weighted by Crippen LogP contribution is -2.28. The summed E-state index contributed by atoms with van der Waals surface area (Å²) in [6.07, 6.45) is -0.0403. The Morgan fingerprint density at radius 2 is 1.82 bits per heavy atom. The fourth-order valence-corrected chi connectivity index (χ4v) is 1.49.